The topological polar surface area (TPSA) is 67.4 Å². The van der Waals surface area contributed by atoms with Crippen LogP contribution in [-0.2, 0) is 21.6 Å². The minimum atomic E-state index is -0.723. The van der Waals surface area contributed by atoms with Crippen molar-refractivity contribution in [1.29, 1.82) is 0 Å². The average Bonchev–Trinajstić information content (AvgIpc) is 2.82. The average molecular weight is 417 g/mol. The smallest absolute Gasteiger partial charge is 0.408 e. The quantitative estimate of drug-likeness (QED) is 0.571. The predicted octanol–water partition coefficient (Wildman–Crippen LogP) is 4.42. The highest BCUT2D eigenvalue weighted by molar-refractivity contribution is 5.85. The molecule has 3 aromatic rings. The van der Waals surface area contributed by atoms with E-state index < -0.39 is 17.6 Å². The van der Waals surface area contributed by atoms with Gasteiger partial charge < -0.3 is 15.4 Å². The Hall–Kier alpha value is -3.60. The number of ether oxygens (including phenoxy) is 1. The van der Waals surface area contributed by atoms with Crippen LogP contribution >= 0.6 is 0 Å². The molecule has 3 aromatic carbocycles. The Morgan fingerprint density at radius 2 is 1.32 bits per heavy atom. The first-order valence-electron chi connectivity index (χ1n) is 10.3. The molecule has 0 unspecified atom stereocenters. The number of carbonyl (C=O) groups excluding carboxylic acids is 2. The van der Waals surface area contributed by atoms with Gasteiger partial charge in [-0.1, -0.05) is 91.0 Å². The zero-order valence-corrected chi connectivity index (χ0v) is 17.9. The summed E-state index contributed by atoms with van der Waals surface area (Å²) in [6.45, 7) is 4.29. The zero-order valence-electron chi connectivity index (χ0n) is 17.9. The molecule has 0 saturated heterocycles. The first-order valence-corrected chi connectivity index (χ1v) is 10.3. The number of carbonyl (C=O) groups is 2. The van der Waals surface area contributed by atoms with E-state index in [4.69, 9.17) is 4.74 Å². The summed E-state index contributed by atoms with van der Waals surface area (Å²) in [6.07, 6.45) is -0.625. The second-order valence-electron chi connectivity index (χ2n) is 7.71. The lowest BCUT2D eigenvalue weighted by Crippen LogP contribution is -2.48. The zero-order chi connectivity index (χ0) is 22.1. The molecule has 31 heavy (non-hydrogen) atoms. The molecule has 2 amide bonds. The van der Waals surface area contributed by atoms with Crippen LogP contribution in [0.4, 0.5) is 4.79 Å². The highest BCUT2D eigenvalue weighted by Gasteiger charge is 2.30. The maximum absolute atomic E-state index is 12.7. The second-order valence-corrected chi connectivity index (χ2v) is 7.71. The fraction of sp³-hybridized carbons (Fsp3) is 0.231. The van der Waals surface area contributed by atoms with Gasteiger partial charge in [-0.15, -0.1) is 0 Å². The summed E-state index contributed by atoms with van der Waals surface area (Å²) in [7, 11) is 0. The molecule has 160 valence electrons. The van der Waals surface area contributed by atoms with Crippen molar-refractivity contribution in [2.75, 3.05) is 6.54 Å². The molecule has 0 aromatic heterocycles. The van der Waals surface area contributed by atoms with Gasteiger partial charge in [0.05, 0.1) is 0 Å². The van der Waals surface area contributed by atoms with E-state index in [1.54, 1.807) is 6.92 Å². The van der Waals surface area contributed by atoms with E-state index in [9.17, 15) is 9.59 Å². The molecule has 5 heteroatoms. The molecule has 2 N–H and O–H groups in total. The first kappa shape index (κ1) is 22.1. The van der Waals surface area contributed by atoms with Gasteiger partial charge in [-0.3, -0.25) is 4.79 Å². The molecule has 0 bridgehead atoms. The van der Waals surface area contributed by atoms with Gasteiger partial charge in [0, 0.05) is 12.0 Å². The summed E-state index contributed by atoms with van der Waals surface area (Å²) in [5.41, 5.74) is 2.68. The van der Waals surface area contributed by atoms with E-state index >= 15 is 0 Å². The van der Waals surface area contributed by atoms with E-state index in [1.807, 2.05) is 66.7 Å². The van der Waals surface area contributed by atoms with Crippen molar-refractivity contribution < 1.29 is 14.3 Å². The predicted molar refractivity (Wildman–Crippen MR) is 122 cm³/mol. The largest absolute Gasteiger partial charge is 0.445 e. The molecule has 0 radical (unpaired) electrons. The molecule has 0 aliphatic rings. The Balaban J connectivity index is 1.59. The van der Waals surface area contributed by atoms with Crippen LogP contribution in [0, 0.1) is 0 Å². The normalized spacial score (nSPS) is 11.9. The molecular formula is C26H28N2O3. The summed E-state index contributed by atoms with van der Waals surface area (Å²) < 4.78 is 5.20. The third kappa shape index (κ3) is 5.95. The van der Waals surface area contributed by atoms with Crippen molar-refractivity contribution in [1.82, 2.24) is 10.6 Å². The van der Waals surface area contributed by atoms with Crippen molar-refractivity contribution in [3.8, 4) is 0 Å². The third-order valence-electron chi connectivity index (χ3n) is 5.38. The SMILES string of the molecule is C[C@H](NC(=O)OCc1ccccc1)C(=O)NCC(C)(c1ccccc1)c1ccccc1. The Morgan fingerprint density at radius 3 is 1.84 bits per heavy atom. The fourth-order valence-corrected chi connectivity index (χ4v) is 3.41. The lowest BCUT2D eigenvalue weighted by molar-refractivity contribution is -0.122. The molecule has 0 saturated carbocycles. The van der Waals surface area contributed by atoms with Gasteiger partial charge in [0.1, 0.15) is 12.6 Å². The molecular weight excluding hydrogens is 388 g/mol. The molecule has 0 aliphatic heterocycles. The molecule has 0 heterocycles. The Labute approximate surface area is 183 Å². The van der Waals surface area contributed by atoms with Gasteiger partial charge in [0.2, 0.25) is 5.91 Å². The minimum absolute atomic E-state index is 0.154. The van der Waals surface area contributed by atoms with Crippen LogP contribution in [0.1, 0.15) is 30.5 Å². The number of alkyl carbamates (subject to hydrolysis) is 1. The lowest BCUT2D eigenvalue weighted by Gasteiger charge is -2.32. The number of hydrogen-bond acceptors (Lipinski definition) is 3. The van der Waals surface area contributed by atoms with Crippen LogP contribution in [0.15, 0.2) is 91.0 Å². The van der Waals surface area contributed by atoms with Gasteiger partial charge in [0.15, 0.2) is 0 Å². The standard InChI is InChI=1S/C26H28N2O3/c1-20(28-25(30)31-18-21-12-6-3-7-13-21)24(29)27-19-26(2,22-14-8-4-9-15-22)23-16-10-5-11-17-23/h3-17,20H,18-19H2,1-2H3,(H,27,29)(H,28,30)/t20-/m0/s1. The molecule has 0 aliphatic carbocycles. The highest BCUT2D eigenvalue weighted by Crippen LogP contribution is 2.31. The maximum Gasteiger partial charge on any atom is 0.408 e. The Morgan fingerprint density at radius 1 is 0.839 bits per heavy atom. The summed E-state index contributed by atoms with van der Waals surface area (Å²) in [5.74, 6) is -0.269. The van der Waals surface area contributed by atoms with Gasteiger partial charge in [-0.2, -0.15) is 0 Å². The van der Waals surface area contributed by atoms with Crippen LogP contribution in [0.3, 0.4) is 0 Å². The van der Waals surface area contributed by atoms with Gasteiger partial charge in [0.25, 0.3) is 0 Å². The van der Waals surface area contributed by atoms with E-state index in [-0.39, 0.29) is 12.5 Å². The number of nitrogens with one attached hydrogen (secondary N) is 2. The van der Waals surface area contributed by atoms with E-state index in [2.05, 4.69) is 41.8 Å². The monoisotopic (exact) mass is 416 g/mol. The van der Waals surface area contributed by atoms with E-state index in [1.165, 1.54) is 0 Å². The summed E-state index contributed by atoms with van der Waals surface area (Å²) >= 11 is 0. The van der Waals surface area contributed by atoms with Gasteiger partial charge in [-0.25, -0.2) is 4.79 Å². The van der Waals surface area contributed by atoms with Crippen LogP contribution in [0.25, 0.3) is 0 Å². The number of hydrogen-bond donors (Lipinski definition) is 2. The van der Waals surface area contributed by atoms with Crippen molar-refractivity contribution in [3.63, 3.8) is 0 Å². The number of rotatable bonds is 8. The number of amides is 2. The lowest BCUT2D eigenvalue weighted by atomic mass is 9.76. The molecule has 0 spiro atoms. The molecule has 5 nitrogen and oxygen atoms in total. The van der Waals surface area contributed by atoms with E-state index in [0.717, 1.165) is 16.7 Å². The number of benzene rings is 3. The van der Waals surface area contributed by atoms with Crippen molar-refractivity contribution in [3.05, 3.63) is 108 Å². The molecule has 1 atom stereocenters. The van der Waals surface area contributed by atoms with Gasteiger partial charge in [-0.05, 0) is 30.5 Å². The highest BCUT2D eigenvalue weighted by atomic mass is 16.5. The second kappa shape index (κ2) is 10.4. The Kier molecular flexibility index (Phi) is 7.44. The van der Waals surface area contributed by atoms with Crippen molar-refractivity contribution in [2.45, 2.75) is 31.9 Å². The van der Waals surface area contributed by atoms with E-state index in [0.29, 0.717) is 6.54 Å². The third-order valence-corrected chi connectivity index (χ3v) is 5.38. The summed E-state index contributed by atoms with van der Waals surface area (Å²) in [6, 6.07) is 28.8. The fourth-order valence-electron chi connectivity index (χ4n) is 3.41. The minimum Gasteiger partial charge on any atom is -0.445 e. The van der Waals surface area contributed by atoms with Crippen LogP contribution < -0.4 is 10.6 Å². The first-order chi connectivity index (χ1) is 15.0. The molecule has 3 rings (SSSR count). The maximum atomic E-state index is 12.7. The van der Waals surface area contributed by atoms with Crippen molar-refractivity contribution >= 4 is 12.0 Å². The molecule has 0 fully saturated rings. The van der Waals surface area contributed by atoms with Crippen LogP contribution in [0.2, 0.25) is 0 Å². The Bertz CT molecular complexity index is 936. The summed E-state index contributed by atoms with van der Waals surface area (Å²) in [5, 5.41) is 5.58. The van der Waals surface area contributed by atoms with Gasteiger partial charge >= 0.3 is 6.09 Å². The van der Waals surface area contributed by atoms with Crippen LogP contribution in [-0.4, -0.2) is 24.6 Å². The van der Waals surface area contributed by atoms with Crippen molar-refractivity contribution in [2.24, 2.45) is 0 Å². The summed E-state index contributed by atoms with van der Waals surface area (Å²) in [4.78, 5) is 24.7. The van der Waals surface area contributed by atoms with Crippen LogP contribution in [0.5, 0.6) is 0 Å².